The molecule has 0 atom stereocenters. The Labute approximate surface area is 108 Å². The second kappa shape index (κ2) is 5.59. The van der Waals surface area contributed by atoms with Crippen LogP contribution < -0.4 is 10.9 Å². The number of hydrogen-bond acceptors (Lipinski definition) is 4. The van der Waals surface area contributed by atoms with Crippen molar-refractivity contribution >= 4 is 17.2 Å². The average molecular weight is 263 g/mol. The number of carbonyl (C=O) groups excluding carboxylic acids is 1. The standard InChI is InChI=1S/C12H13N3O2S/c1-8-15-10(7-18-8)3-5-14-12(17)9-2-4-13-11(16)6-9/h2,4,6-7H,3,5H2,1H3,(H,13,16)(H,14,17). The smallest absolute Gasteiger partial charge is 0.251 e. The summed E-state index contributed by atoms with van der Waals surface area (Å²) in [6.45, 7) is 2.46. The van der Waals surface area contributed by atoms with Crippen LogP contribution in [0.1, 0.15) is 21.1 Å². The highest BCUT2D eigenvalue weighted by atomic mass is 32.1. The van der Waals surface area contributed by atoms with E-state index in [0.717, 1.165) is 10.7 Å². The zero-order valence-corrected chi connectivity index (χ0v) is 10.7. The molecule has 6 heteroatoms. The number of pyridine rings is 1. The van der Waals surface area contributed by atoms with Crippen LogP contribution >= 0.6 is 11.3 Å². The second-order valence-corrected chi connectivity index (χ2v) is 4.87. The topological polar surface area (TPSA) is 74.8 Å². The van der Waals surface area contributed by atoms with Crippen molar-refractivity contribution in [2.24, 2.45) is 0 Å². The lowest BCUT2D eigenvalue weighted by Gasteiger charge is -2.03. The molecule has 0 aliphatic carbocycles. The summed E-state index contributed by atoms with van der Waals surface area (Å²) in [4.78, 5) is 29.5. The Morgan fingerprint density at radius 1 is 1.56 bits per heavy atom. The number of aromatic nitrogens is 2. The highest BCUT2D eigenvalue weighted by Gasteiger charge is 2.05. The first-order chi connectivity index (χ1) is 8.65. The molecular weight excluding hydrogens is 250 g/mol. The Hall–Kier alpha value is -1.95. The van der Waals surface area contributed by atoms with Gasteiger partial charge in [-0.1, -0.05) is 0 Å². The van der Waals surface area contributed by atoms with E-state index < -0.39 is 0 Å². The van der Waals surface area contributed by atoms with Gasteiger partial charge in [-0.2, -0.15) is 0 Å². The average Bonchev–Trinajstić information content (AvgIpc) is 2.75. The van der Waals surface area contributed by atoms with E-state index in [4.69, 9.17) is 0 Å². The van der Waals surface area contributed by atoms with Crippen LogP contribution in [0, 0.1) is 6.92 Å². The zero-order valence-electron chi connectivity index (χ0n) is 9.90. The van der Waals surface area contributed by atoms with E-state index in [1.165, 1.54) is 12.3 Å². The molecule has 0 spiro atoms. The Kier molecular flexibility index (Phi) is 3.88. The molecule has 94 valence electrons. The summed E-state index contributed by atoms with van der Waals surface area (Å²) < 4.78 is 0. The maximum atomic E-state index is 11.7. The second-order valence-electron chi connectivity index (χ2n) is 3.81. The molecule has 0 aromatic carbocycles. The van der Waals surface area contributed by atoms with Crippen LogP contribution in [0.3, 0.4) is 0 Å². The van der Waals surface area contributed by atoms with Gasteiger partial charge in [-0.3, -0.25) is 9.59 Å². The summed E-state index contributed by atoms with van der Waals surface area (Å²) in [5.41, 5.74) is 1.06. The van der Waals surface area contributed by atoms with Crippen LogP contribution in [0.15, 0.2) is 28.5 Å². The molecule has 18 heavy (non-hydrogen) atoms. The molecule has 0 radical (unpaired) electrons. The summed E-state index contributed by atoms with van der Waals surface area (Å²) in [5, 5.41) is 5.76. The van der Waals surface area contributed by atoms with Gasteiger partial charge in [-0.15, -0.1) is 11.3 Å². The summed E-state index contributed by atoms with van der Waals surface area (Å²) in [6, 6.07) is 2.85. The van der Waals surface area contributed by atoms with Crippen LogP contribution in [0.25, 0.3) is 0 Å². The molecule has 0 aliphatic heterocycles. The first-order valence-electron chi connectivity index (χ1n) is 5.53. The summed E-state index contributed by atoms with van der Waals surface area (Å²) in [7, 11) is 0. The maximum absolute atomic E-state index is 11.7. The molecule has 5 nitrogen and oxygen atoms in total. The molecule has 2 aromatic heterocycles. The number of aryl methyl sites for hydroxylation is 1. The molecule has 2 N–H and O–H groups in total. The number of nitrogens with one attached hydrogen (secondary N) is 2. The molecule has 0 fully saturated rings. The fourth-order valence-corrected chi connectivity index (χ4v) is 2.16. The quantitative estimate of drug-likeness (QED) is 0.867. The van der Waals surface area contributed by atoms with Gasteiger partial charge in [0.2, 0.25) is 5.56 Å². The SMILES string of the molecule is Cc1nc(CCNC(=O)c2cc[nH]c(=O)c2)cs1. The van der Waals surface area contributed by atoms with Crippen molar-refractivity contribution in [1.29, 1.82) is 0 Å². The lowest BCUT2D eigenvalue weighted by Crippen LogP contribution is -2.26. The zero-order chi connectivity index (χ0) is 13.0. The number of aromatic amines is 1. The normalized spacial score (nSPS) is 10.3. The number of H-pyrrole nitrogens is 1. The maximum Gasteiger partial charge on any atom is 0.251 e. The van der Waals surface area contributed by atoms with Gasteiger partial charge in [0, 0.05) is 36.2 Å². The fourth-order valence-electron chi connectivity index (χ4n) is 1.52. The molecule has 1 amide bonds. The number of thiazole rings is 1. The van der Waals surface area contributed by atoms with Gasteiger partial charge in [-0.25, -0.2) is 4.98 Å². The Morgan fingerprint density at radius 2 is 2.39 bits per heavy atom. The minimum Gasteiger partial charge on any atom is -0.352 e. The number of carbonyl (C=O) groups is 1. The van der Waals surface area contributed by atoms with Crippen LogP contribution in [-0.2, 0) is 6.42 Å². The summed E-state index contributed by atoms with van der Waals surface area (Å²) in [6.07, 6.45) is 2.15. The number of hydrogen-bond donors (Lipinski definition) is 2. The minimum atomic E-state index is -0.280. The highest BCUT2D eigenvalue weighted by molar-refractivity contribution is 7.09. The monoisotopic (exact) mass is 263 g/mol. The van der Waals surface area contributed by atoms with Crippen LogP contribution in [-0.4, -0.2) is 22.4 Å². The molecule has 0 saturated heterocycles. The van der Waals surface area contributed by atoms with Crippen molar-refractivity contribution in [1.82, 2.24) is 15.3 Å². The first-order valence-corrected chi connectivity index (χ1v) is 6.41. The van der Waals surface area contributed by atoms with Gasteiger partial charge in [0.1, 0.15) is 0 Å². The van der Waals surface area contributed by atoms with Crippen molar-refractivity contribution in [2.45, 2.75) is 13.3 Å². The Morgan fingerprint density at radius 3 is 3.06 bits per heavy atom. The van der Waals surface area contributed by atoms with Crippen molar-refractivity contribution in [2.75, 3.05) is 6.54 Å². The summed E-state index contributed by atoms with van der Waals surface area (Å²) in [5.74, 6) is -0.243. The van der Waals surface area contributed by atoms with E-state index in [1.807, 2.05) is 12.3 Å². The molecule has 0 unspecified atom stereocenters. The van der Waals surface area contributed by atoms with Crippen molar-refractivity contribution in [3.63, 3.8) is 0 Å². The largest absolute Gasteiger partial charge is 0.352 e. The predicted octanol–water partition coefficient (Wildman–Crippen LogP) is 1.11. The summed E-state index contributed by atoms with van der Waals surface area (Å²) >= 11 is 1.59. The third kappa shape index (κ3) is 3.27. The van der Waals surface area contributed by atoms with Gasteiger partial charge >= 0.3 is 0 Å². The minimum absolute atomic E-state index is 0.243. The first kappa shape index (κ1) is 12.5. The van der Waals surface area contributed by atoms with Crippen molar-refractivity contribution in [3.8, 4) is 0 Å². The third-order valence-corrected chi connectivity index (χ3v) is 3.19. The molecule has 0 bridgehead atoms. The van der Waals surface area contributed by atoms with Crippen LogP contribution in [0.2, 0.25) is 0 Å². The fraction of sp³-hybridized carbons (Fsp3) is 0.250. The molecule has 2 rings (SSSR count). The predicted molar refractivity (Wildman–Crippen MR) is 70.0 cm³/mol. The number of amides is 1. The van der Waals surface area contributed by atoms with Gasteiger partial charge < -0.3 is 10.3 Å². The number of rotatable bonds is 4. The molecule has 0 saturated carbocycles. The van der Waals surface area contributed by atoms with E-state index in [9.17, 15) is 9.59 Å². The third-order valence-electron chi connectivity index (χ3n) is 2.37. The molecular formula is C12H13N3O2S. The Bertz CT molecular complexity index is 603. The van der Waals surface area contributed by atoms with E-state index in [2.05, 4.69) is 15.3 Å². The van der Waals surface area contributed by atoms with E-state index in [0.29, 0.717) is 18.5 Å². The molecule has 2 aromatic rings. The lowest BCUT2D eigenvalue weighted by atomic mass is 10.2. The van der Waals surface area contributed by atoms with E-state index in [1.54, 1.807) is 17.4 Å². The van der Waals surface area contributed by atoms with Crippen molar-refractivity contribution in [3.05, 3.63) is 50.3 Å². The van der Waals surface area contributed by atoms with E-state index in [-0.39, 0.29) is 11.5 Å². The van der Waals surface area contributed by atoms with Gasteiger partial charge in [0.15, 0.2) is 0 Å². The number of nitrogens with zero attached hydrogens (tertiary/aromatic N) is 1. The molecule has 0 aliphatic rings. The van der Waals surface area contributed by atoms with Crippen LogP contribution in [0.4, 0.5) is 0 Å². The van der Waals surface area contributed by atoms with E-state index >= 15 is 0 Å². The van der Waals surface area contributed by atoms with Gasteiger partial charge in [0.25, 0.3) is 5.91 Å². The van der Waals surface area contributed by atoms with Crippen molar-refractivity contribution < 1.29 is 4.79 Å². The molecule has 2 heterocycles. The highest BCUT2D eigenvalue weighted by Crippen LogP contribution is 2.07. The Balaban J connectivity index is 1.87. The lowest BCUT2D eigenvalue weighted by molar-refractivity contribution is 0.0954. The van der Waals surface area contributed by atoms with Gasteiger partial charge in [0.05, 0.1) is 10.7 Å². The van der Waals surface area contributed by atoms with Crippen LogP contribution in [0.5, 0.6) is 0 Å². The van der Waals surface area contributed by atoms with Gasteiger partial charge in [-0.05, 0) is 13.0 Å².